The van der Waals surface area contributed by atoms with Gasteiger partial charge in [0.2, 0.25) is 0 Å². The standard InChI is InChI=1S/C13H25NO2/c1-12(2)4-3-7-14-8-5-13(6-9-14)15-10-11-16-13/h12H,3-11H2,1-2H3. The van der Waals surface area contributed by atoms with Gasteiger partial charge >= 0.3 is 0 Å². The molecule has 2 rings (SSSR count). The lowest BCUT2D eigenvalue weighted by Crippen LogP contribution is -2.45. The highest BCUT2D eigenvalue weighted by atomic mass is 16.7. The van der Waals surface area contributed by atoms with Gasteiger partial charge in [-0.1, -0.05) is 13.8 Å². The lowest BCUT2D eigenvalue weighted by molar-refractivity contribution is -0.185. The van der Waals surface area contributed by atoms with Crippen LogP contribution in [-0.2, 0) is 9.47 Å². The van der Waals surface area contributed by atoms with E-state index in [2.05, 4.69) is 18.7 Å². The van der Waals surface area contributed by atoms with Crippen LogP contribution in [0, 0.1) is 5.92 Å². The van der Waals surface area contributed by atoms with Crippen molar-refractivity contribution in [2.24, 2.45) is 5.92 Å². The van der Waals surface area contributed by atoms with Gasteiger partial charge in [0.15, 0.2) is 5.79 Å². The first-order valence-electron chi connectivity index (χ1n) is 6.70. The summed E-state index contributed by atoms with van der Waals surface area (Å²) in [7, 11) is 0. The molecule has 1 spiro atoms. The summed E-state index contributed by atoms with van der Waals surface area (Å²) < 4.78 is 11.4. The Labute approximate surface area is 99.1 Å². The predicted octanol–water partition coefficient (Wildman–Crippen LogP) is 2.26. The Morgan fingerprint density at radius 3 is 2.31 bits per heavy atom. The van der Waals surface area contributed by atoms with Gasteiger partial charge in [0.25, 0.3) is 0 Å². The minimum atomic E-state index is -0.200. The van der Waals surface area contributed by atoms with Gasteiger partial charge < -0.3 is 14.4 Å². The van der Waals surface area contributed by atoms with Gasteiger partial charge in [-0.3, -0.25) is 0 Å². The van der Waals surface area contributed by atoms with Crippen LogP contribution in [-0.4, -0.2) is 43.5 Å². The van der Waals surface area contributed by atoms with E-state index in [-0.39, 0.29) is 5.79 Å². The SMILES string of the molecule is CC(C)CCCN1CCC2(CC1)OCCO2. The van der Waals surface area contributed by atoms with Crippen molar-refractivity contribution >= 4 is 0 Å². The maximum Gasteiger partial charge on any atom is 0.170 e. The van der Waals surface area contributed by atoms with Crippen molar-refractivity contribution in [1.82, 2.24) is 4.90 Å². The summed E-state index contributed by atoms with van der Waals surface area (Å²) >= 11 is 0. The summed E-state index contributed by atoms with van der Waals surface area (Å²) in [6, 6.07) is 0. The molecule has 2 saturated heterocycles. The average Bonchev–Trinajstić information content (AvgIpc) is 2.70. The quantitative estimate of drug-likeness (QED) is 0.735. The van der Waals surface area contributed by atoms with Gasteiger partial charge in [-0.2, -0.15) is 0 Å². The van der Waals surface area contributed by atoms with Crippen LogP contribution in [0.25, 0.3) is 0 Å². The Morgan fingerprint density at radius 1 is 1.12 bits per heavy atom. The molecule has 0 N–H and O–H groups in total. The second kappa shape index (κ2) is 5.48. The molecule has 0 unspecified atom stereocenters. The molecule has 0 amide bonds. The van der Waals surface area contributed by atoms with Crippen molar-refractivity contribution in [3.8, 4) is 0 Å². The van der Waals surface area contributed by atoms with Gasteiger partial charge in [-0.05, 0) is 25.3 Å². The molecule has 2 fully saturated rings. The third kappa shape index (κ3) is 3.19. The highest BCUT2D eigenvalue weighted by Gasteiger charge is 2.39. The van der Waals surface area contributed by atoms with E-state index in [9.17, 15) is 0 Å². The van der Waals surface area contributed by atoms with Gasteiger partial charge in [0.05, 0.1) is 13.2 Å². The fourth-order valence-corrected chi connectivity index (χ4v) is 2.63. The highest BCUT2D eigenvalue weighted by Crippen LogP contribution is 2.31. The van der Waals surface area contributed by atoms with E-state index in [0.29, 0.717) is 0 Å². The van der Waals surface area contributed by atoms with E-state index in [1.54, 1.807) is 0 Å². The summed E-state index contributed by atoms with van der Waals surface area (Å²) in [5.41, 5.74) is 0. The fourth-order valence-electron chi connectivity index (χ4n) is 2.63. The van der Waals surface area contributed by atoms with Crippen molar-refractivity contribution in [2.75, 3.05) is 32.8 Å². The first kappa shape index (κ1) is 12.3. The first-order valence-corrected chi connectivity index (χ1v) is 6.70. The molecule has 0 saturated carbocycles. The summed E-state index contributed by atoms with van der Waals surface area (Å²) in [5, 5.41) is 0. The first-order chi connectivity index (χ1) is 7.70. The largest absolute Gasteiger partial charge is 0.347 e. The maximum absolute atomic E-state index is 5.72. The molecule has 2 aliphatic rings. The predicted molar refractivity (Wildman–Crippen MR) is 64.4 cm³/mol. The Hall–Kier alpha value is -0.120. The summed E-state index contributed by atoms with van der Waals surface area (Å²) in [6.07, 6.45) is 4.77. The monoisotopic (exact) mass is 227 g/mol. The Balaban J connectivity index is 1.65. The zero-order valence-corrected chi connectivity index (χ0v) is 10.7. The Kier molecular flexibility index (Phi) is 4.22. The topological polar surface area (TPSA) is 21.7 Å². The Morgan fingerprint density at radius 2 is 1.75 bits per heavy atom. The normalized spacial score (nSPS) is 25.7. The molecular weight excluding hydrogens is 202 g/mol. The molecule has 0 aromatic rings. The van der Waals surface area contributed by atoms with Crippen LogP contribution < -0.4 is 0 Å². The van der Waals surface area contributed by atoms with Gasteiger partial charge in [-0.15, -0.1) is 0 Å². The average molecular weight is 227 g/mol. The zero-order chi connectivity index (χ0) is 11.4. The molecule has 3 heteroatoms. The van der Waals surface area contributed by atoms with Crippen molar-refractivity contribution in [1.29, 1.82) is 0 Å². The third-order valence-corrected chi connectivity index (χ3v) is 3.69. The van der Waals surface area contributed by atoms with E-state index in [1.807, 2.05) is 0 Å². The molecule has 0 bridgehead atoms. The number of hydrogen-bond acceptors (Lipinski definition) is 3. The third-order valence-electron chi connectivity index (χ3n) is 3.69. The molecule has 2 heterocycles. The molecule has 94 valence electrons. The number of ether oxygens (including phenoxy) is 2. The van der Waals surface area contributed by atoms with Crippen molar-refractivity contribution in [3.05, 3.63) is 0 Å². The molecule has 0 aromatic carbocycles. The number of nitrogens with zero attached hydrogens (tertiary/aromatic N) is 1. The smallest absolute Gasteiger partial charge is 0.170 e. The minimum absolute atomic E-state index is 0.200. The number of rotatable bonds is 4. The molecule has 16 heavy (non-hydrogen) atoms. The second-order valence-corrected chi connectivity index (χ2v) is 5.49. The number of piperidine rings is 1. The van der Waals surface area contributed by atoms with Crippen LogP contribution in [0.5, 0.6) is 0 Å². The van der Waals surface area contributed by atoms with Gasteiger partial charge in [-0.25, -0.2) is 0 Å². The summed E-state index contributed by atoms with van der Waals surface area (Å²) in [5.74, 6) is 0.631. The summed E-state index contributed by atoms with van der Waals surface area (Å²) in [6.45, 7) is 9.68. The van der Waals surface area contributed by atoms with E-state index < -0.39 is 0 Å². The molecule has 0 atom stereocenters. The second-order valence-electron chi connectivity index (χ2n) is 5.49. The lowest BCUT2D eigenvalue weighted by Gasteiger charge is -2.37. The van der Waals surface area contributed by atoms with Crippen LogP contribution in [0.1, 0.15) is 39.5 Å². The van der Waals surface area contributed by atoms with E-state index >= 15 is 0 Å². The maximum atomic E-state index is 5.72. The van der Waals surface area contributed by atoms with E-state index in [1.165, 1.54) is 19.4 Å². The Bertz CT molecular complexity index is 202. The van der Waals surface area contributed by atoms with Crippen molar-refractivity contribution in [2.45, 2.75) is 45.3 Å². The zero-order valence-electron chi connectivity index (χ0n) is 10.7. The lowest BCUT2D eigenvalue weighted by atomic mass is 10.0. The molecular formula is C13H25NO2. The number of likely N-dealkylation sites (tertiary alicyclic amines) is 1. The van der Waals surface area contributed by atoms with Crippen molar-refractivity contribution < 1.29 is 9.47 Å². The van der Waals surface area contributed by atoms with Crippen LogP contribution in [0.15, 0.2) is 0 Å². The fraction of sp³-hybridized carbons (Fsp3) is 1.00. The van der Waals surface area contributed by atoms with E-state index in [0.717, 1.165) is 45.1 Å². The number of hydrogen-bond donors (Lipinski definition) is 0. The molecule has 2 aliphatic heterocycles. The van der Waals surface area contributed by atoms with Crippen molar-refractivity contribution in [3.63, 3.8) is 0 Å². The van der Waals surface area contributed by atoms with Gasteiger partial charge in [0, 0.05) is 25.9 Å². The molecule has 0 aromatic heterocycles. The van der Waals surface area contributed by atoms with Crippen LogP contribution in [0.2, 0.25) is 0 Å². The minimum Gasteiger partial charge on any atom is -0.347 e. The molecule has 0 aliphatic carbocycles. The summed E-state index contributed by atoms with van der Waals surface area (Å²) in [4.78, 5) is 2.55. The van der Waals surface area contributed by atoms with Crippen LogP contribution in [0.4, 0.5) is 0 Å². The van der Waals surface area contributed by atoms with E-state index in [4.69, 9.17) is 9.47 Å². The molecule has 0 radical (unpaired) electrons. The highest BCUT2D eigenvalue weighted by molar-refractivity contribution is 4.82. The van der Waals surface area contributed by atoms with Crippen LogP contribution >= 0.6 is 0 Å². The molecule has 3 nitrogen and oxygen atoms in total. The van der Waals surface area contributed by atoms with Gasteiger partial charge in [0.1, 0.15) is 0 Å². The van der Waals surface area contributed by atoms with Crippen LogP contribution in [0.3, 0.4) is 0 Å².